The van der Waals surface area contributed by atoms with Crippen LogP contribution in [0.2, 0.25) is 0 Å². The number of para-hydroxylation sites is 1. The van der Waals surface area contributed by atoms with Gasteiger partial charge in [0.1, 0.15) is 19.0 Å². The quantitative estimate of drug-likeness (QED) is 0.568. The lowest BCUT2D eigenvalue weighted by Gasteiger charge is -2.08. The van der Waals surface area contributed by atoms with Crippen LogP contribution in [0.5, 0.6) is 5.75 Å². The molecule has 0 spiro atoms. The zero-order chi connectivity index (χ0) is 15.7. The molecule has 0 fully saturated rings. The van der Waals surface area contributed by atoms with Crippen LogP contribution in [-0.2, 0) is 21.3 Å². The van der Waals surface area contributed by atoms with Gasteiger partial charge in [-0.05, 0) is 24.1 Å². The van der Waals surface area contributed by atoms with E-state index < -0.39 is 10.0 Å². The van der Waals surface area contributed by atoms with Crippen LogP contribution in [-0.4, -0.2) is 27.4 Å². The maximum atomic E-state index is 11.8. The smallest absolute Gasteiger partial charge is 0.233 e. The molecular formula is C16H19NO4S. The highest BCUT2D eigenvalue weighted by Crippen LogP contribution is 2.07. The molecule has 0 amide bonds. The summed E-state index contributed by atoms with van der Waals surface area (Å²) in [5.41, 5.74) is 0.972. The number of sulfonamides is 1. The van der Waals surface area contributed by atoms with E-state index in [9.17, 15) is 8.42 Å². The van der Waals surface area contributed by atoms with Crippen molar-refractivity contribution in [3.63, 3.8) is 0 Å². The zero-order valence-electron chi connectivity index (χ0n) is 12.1. The molecule has 0 atom stereocenters. The average molecular weight is 321 g/mol. The van der Waals surface area contributed by atoms with Crippen molar-refractivity contribution in [2.45, 2.75) is 6.42 Å². The largest absolute Gasteiger partial charge is 0.491 e. The monoisotopic (exact) mass is 321 g/mol. The van der Waals surface area contributed by atoms with Crippen molar-refractivity contribution in [3.05, 3.63) is 66.2 Å². The number of aryl methyl sites for hydroxylation is 1. The van der Waals surface area contributed by atoms with Crippen molar-refractivity contribution in [1.82, 2.24) is 4.89 Å². The predicted molar refractivity (Wildman–Crippen MR) is 85.0 cm³/mol. The normalized spacial score (nSPS) is 11.3. The topological polar surface area (TPSA) is 64.6 Å². The van der Waals surface area contributed by atoms with Gasteiger partial charge in [0.05, 0.1) is 5.75 Å². The van der Waals surface area contributed by atoms with Gasteiger partial charge in [0.2, 0.25) is 10.0 Å². The molecule has 0 aliphatic rings. The number of nitrogens with one attached hydrogen (secondary N) is 1. The number of benzene rings is 2. The molecule has 2 rings (SSSR count). The van der Waals surface area contributed by atoms with Crippen molar-refractivity contribution in [2.75, 3.05) is 19.0 Å². The Morgan fingerprint density at radius 2 is 1.50 bits per heavy atom. The van der Waals surface area contributed by atoms with E-state index >= 15 is 0 Å². The van der Waals surface area contributed by atoms with Gasteiger partial charge in [0.25, 0.3) is 0 Å². The number of hydrogen-bond donors (Lipinski definition) is 1. The second-order valence-corrected chi connectivity index (χ2v) is 6.45. The van der Waals surface area contributed by atoms with Crippen LogP contribution in [0.4, 0.5) is 0 Å². The first kappa shape index (κ1) is 16.5. The third-order valence-electron chi connectivity index (χ3n) is 2.89. The van der Waals surface area contributed by atoms with Crippen molar-refractivity contribution >= 4 is 10.0 Å². The van der Waals surface area contributed by atoms with Gasteiger partial charge in [-0.1, -0.05) is 53.4 Å². The highest BCUT2D eigenvalue weighted by molar-refractivity contribution is 7.89. The van der Waals surface area contributed by atoms with Crippen LogP contribution in [0, 0.1) is 0 Å². The van der Waals surface area contributed by atoms with Gasteiger partial charge in [-0.25, -0.2) is 8.42 Å². The fraction of sp³-hybridized carbons (Fsp3) is 0.250. The Morgan fingerprint density at radius 3 is 2.18 bits per heavy atom. The molecule has 5 nitrogen and oxygen atoms in total. The summed E-state index contributed by atoms with van der Waals surface area (Å²) in [5, 5.41) is 0. The maximum absolute atomic E-state index is 11.8. The lowest BCUT2D eigenvalue weighted by molar-refractivity contribution is 0.0666. The van der Waals surface area contributed by atoms with Gasteiger partial charge in [-0.2, -0.15) is 0 Å². The zero-order valence-corrected chi connectivity index (χ0v) is 13.0. The van der Waals surface area contributed by atoms with Crippen LogP contribution in [0.15, 0.2) is 60.7 Å². The van der Waals surface area contributed by atoms with E-state index in [0.717, 1.165) is 11.3 Å². The molecule has 0 aliphatic heterocycles. The van der Waals surface area contributed by atoms with Crippen molar-refractivity contribution in [2.24, 2.45) is 0 Å². The van der Waals surface area contributed by atoms with Gasteiger partial charge in [0.15, 0.2) is 0 Å². The molecule has 1 N–H and O–H groups in total. The molecule has 2 aromatic carbocycles. The highest BCUT2D eigenvalue weighted by Gasteiger charge is 2.10. The Hall–Kier alpha value is -1.89. The summed E-state index contributed by atoms with van der Waals surface area (Å²) < 4.78 is 28.9. The summed E-state index contributed by atoms with van der Waals surface area (Å²) in [6.07, 6.45) is 0.444. The number of rotatable bonds is 9. The summed E-state index contributed by atoms with van der Waals surface area (Å²) >= 11 is 0. The van der Waals surface area contributed by atoms with Gasteiger partial charge in [0, 0.05) is 0 Å². The Bertz CT molecular complexity index is 644. The molecular weight excluding hydrogens is 302 g/mol. The molecule has 2 aromatic rings. The van der Waals surface area contributed by atoms with E-state index in [4.69, 9.17) is 9.57 Å². The van der Waals surface area contributed by atoms with Crippen LogP contribution in [0.3, 0.4) is 0 Å². The van der Waals surface area contributed by atoms with Crippen LogP contribution in [0.25, 0.3) is 0 Å². The summed E-state index contributed by atoms with van der Waals surface area (Å²) in [4.78, 5) is 7.05. The molecule has 0 saturated carbocycles. The Labute approximate surface area is 130 Å². The molecule has 0 radical (unpaired) electrons. The number of hydrogen-bond acceptors (Lipinski definition) is 4. The van der Waals surface area contributed by atoms with E-state index in [2.05, 4.69) is 4.89 Å². The standard InChI is InChI=1S/C16H19NO4S/c18-22(19,14-11-15-7-3-1-4-8-15)17-21-13-12-20-16-9-5-2-6-10-16/h1-10,17H,11-14H2. The van der Waals surface area contributed by atoms with Gasteiger partial charge < -0.3 is 4.74 Å². The second kappa shape index (κ2) is 8.53. The Balaban J connectivity index is 1.63. The Morgan fingerprint density at radius 1 is 0.864 bits per heavy atom. The molecule has 0 unspecified atom stereocenters. The average Bonchev–Trinajstić information content (AvgIpc) is 2.55. The molecule has 0 aromatic heterocycles. The van der Waals surface area contributed by atoms with E-state index in [0.29, 0.717) is 6.42 Å². The first-order valence-corrected chi connectivity index (χ1v) is 8.64. The second-order valence-electron chi connectivity index (χ2n) is 4.65. The van der Waals surface area contributed by atoms with E-state index in [-0.39, 0.29) is 19.0 Å². The molecule has 0 aliphatic carbocycles. The van der Waals surface area contributed by atoms with Crippen LogP contribution >= 0.6 is 0 Å². The lowest BCUT2D eigenvalue weighted by Crippen LogP contribution is -2.29. The first-order valence-electron chi connectivity index (χ1n) is 6.99. The summed E-state index contributed by atoms with van der Waals surface area (Å²) in [7, 11) is -3.45. The minimum atomic E-state index is -3.45. The minimum absolute atomic E-state index is 0.0173. The maximum Gasteiger partial charge on any atom is 0.233 e. The predicted octanol–water partition coefficient (Wildman–Crippen LogP) is 2.16. The molecule has 22 heavy (non-hydrogen) atoms. The molecule has 118 valence electrons. The number of ether oxygens (including phenoxy) is 1. The summed E-state index contributed by atoms with van der Waals surface area (Å²) in [6.45, 7) is 0.407. The van der Waals surface area contributed by atoms with Gasteiger partial charge >= 0.3 is 0 Å². The van der Waals surface area contributed by atoms with Crippen molar-refractivity contribution in [1.29, 1.82) is 0 Å². The van der Waals surface area contributed by atoms with E-state index in [1.165, 1.54) is 0 Å². The first-order chi connectivity index (χ1) is 10.7. The highest BCUT2D eigenvalue weighted by atomic mass is 32.2. The molecule has 0 saturated heterocycles. The SMILES string of the molecule is O=S(=O)(CCc1ccccc1)NOCCOc1ccccc1. The van der Waals surface area contributed by atoms with Crippen molar-refractivity contribution in [3.8, 4) is 5.75 Å². The van der Waals surface area contributed by atoms with Crippen LogP contribution < -0.4 is 9.62 Å². The van der Waals surface area contributed by atoms with Gasteiger partial charge in [-0.15, -0.1) is 0 Å². The summed E-state index contributed by atoms with van der Waals surface area (Å²) in [5.74, 6) is 0.703. The molecule has 0 bridgehead atoms. The fourth-order valence-electron chi connectivity index (χ4n) is 1.79. The lowest BCUT2D eigenvalue weighted by atomic mass is 10.2. The van der Waals surface area contributed by atoms with E-state index in [1.807, 2.05) is 60.7 Å². The van der Waals surface area contributed by atoms with E-state index in [1.54, 1.807) is 0 Å². The Kier molecular flexibility index (Phi) is 6.39. The summed E-state index contributed by atoms with van der Waals surface area (Å²) in [6, 6.07) is 18.7. The third-order valence-corrected chi connectivity index (χ3v) is 4.00. The molecule has 0 heterocycles. The van der Waals surface area contributed by atoms with Gasteiger partial charge in [-0.3, -0.25) is 4.84 Å². The fourth-order valence-corrected chi connectivity index (χ4v) is 2.64. The molecule has 6 heteroatoms. The third kappa shape index (κ3) is 6.26. The van der Waals surface area contributed by atoms with Crippen molar-refractivity contribution < 1.29 is 18.0 Å². The minimum Gasteiger partial charge on any atom is -0.491 e. The van der Waals surface area contributed by atoms with Crippen LogP contribution in [0.1, 0.15) is 5.56 Å².